The number of hydrogen-bond acceptors (Lipinski definition) is 3. The zero-order chi connectivity index (χ0) is 20.1. The van der Waals surface area contributed by atoms with Crippen molar-refractivity contribution in [3.05, 3.63) is 64.7 Å². The molecule has 3 amide bonds. The fourth-order valence-electron chi connectivity index (χ4n) is 3.16. The second kappa shape index (κ2) is 8.89. The predicted octanol–water partition coefficient (Wildman–Crippen LogP) is 2.83. The van der Waals surface area contributed by atoms with Crippen LogP contribution in [0.25, 0.3) is 0 Å². The zero-order valence-electron chi connectivity index (χ0n) is 15.7. The van der Waals surface area contributed by atoms with E-state index in [1.165, 1.54) is 6.92 Å². The molecule has 146 valence electrons. The lowest BCUT2D eigenvalue weighted by Crippen LogP contribution is -2.51. The van der Waals surface area contributed by atoms with Gasteiger partial charge in [-0.25, -0.2) is 0 Å². The molecular weight excluding hydrogens is 378 g/mol. The van der Waals surface area contributed by atoms with E-state index >= 15 is 0 Å². The number of carbonyl (C=O) groups is 3. The van der Waals surface area contributed by atoms with E-state index in [1.807, 2.05) is 12.1 Å². The summed E-state index contributed by atoms with van der Waals surface area (Å²) < 4.78 is 0. The first-order valence-electron chi connectivity index (χ1n) is 9.11. The van der Waals surface area contributed by atoms with Crippen LogP contribution in [0.1, 0.15) is 22.8 Å². The number of rotatable bonds is 4. The van der Waals surface area contributed by atoms with E-state index in [1.54, 1.807) is 46.2 Å². The highest BCUT2D eigenvalue weighted by Crippen LogP contribution is 2.15. The molecule has 6 nitrogen and oxygen atoms in total. The molecule has 2 aromatic carbocycles. The van der Waals surface area contributed by atoms with Gasteiger partial charge in [-0.1, -0.05) is 29.8 Å². The molecule has 28 heavy (non-hydrogen) atoms. The predicted molar refractivity (Wildman–Crippen MR) is 108 cm³/mol. The van der Waals surface area contributed by atoms with Gasteiger partial charge < -0.3 is 15.1 Å². The number of halogens is 1. The Morgan fingerprint density at radius 3 is 2.21 bits per heavy atom. The van der Waals surface area contributed by atoms with E-state index in [-0.39, 0.29) is 17.7 Å². The highest BCUT2D eigenvalue weighted by atomic mass is 35.5. The van der Waals surface area contributed by atoms with Gasteiger partial charge in [0, 0.05) is 49.4 Å². The summed E-state index contributed by atoms with van der Waals surface area (Å²) in [5.41, 5.74) is 2.15. The number of amides is 3. The number of piperazine rings is 1. The highest BCUT2D eigenvalue weighted by Gasteiger charge is 2.25. The minimum atomic E-state index is -0.131. The van der Waals surface area contributed by atoms with Crippen LogP contribution in [0.2, 0.25) is 5.02 Å². The number of benzene rings is 2. The van der Waals surface area contributed by atoms with Gasteiger partial charge in [0.1, 0.15) is 0 Å². The van der Waals surface area contributed by atoms with Crippen molar-refractivity contribution in [2.24, 2.45) is 0 Å². The van der Waals surface area contributed by atoms with Gasteiger partial charge in [0.05, 0.1) is 6.42 Å². The molecule has 0 aromatic heterocycles. The van der Waals surface area contributed by atoms with Gasteiger partial charge in [0.25, 0.3) is 5.91 Å². The highest BCUT2D eigenvalue weighted by molar-refractivity contribution is 6.30. The van der Waals surface area contributed by atoms with Crippen molar-refractivity contribution in [3.8, 4) is 0 Å². The minimum absolute atomic E-state index is 0.0298. The molecule has 1 fully saturated rings. The summed E-state index contributed by atoms with van der Waals surface area (Å²) in [4.78, 5) is 39.7. The Morgan fingerprint density at radius 1 is 0.964 bits per heavy atom. The summed E-state index contributed by atoms with van der Waals surface area (Å²) in [6, 6.07) is 14.1. The van der Waals surface area contributed by atoms with Crippen LogP contribution in [0, 0.1) is 0 Å². The average molecular weight is 400 g/mol. The molecule has 0 saturated carbocycles. The maximum Gasteiger partial charge on any atom is 0.254 e. The summed E-state index contributed by atoms with van der Waals surface area (Å²) in [5, 5.41) is 3.23. The lowest BCUT2D eigenvalue weighted by Gasteiger charge is -2.35. The van der Waals surface area contributed by atoms with Crippen LogP contribution in [-0.2, 0) is 16.0 Å². The molecule has 0 atom stereocenters. The van der Waals surface area contributed by atoms with Crippen molar-refractivity contribution in [3.63, 3.8) is 0 Å². The summed E-state index contributed by atoms with van der Waals surface area (Å²) in [6.45, 7) is 3.47. The van der Waals surface area contributed by atoms with Crippen LogP contribution in [0.15, 0.2) is 48.5 Å². The van der Waals surface area contributed by atoms with E-state index in [4.69, 9.17) is 11.6 Å². The summed E-state index contributed by atoms with van der Waals surface area (Å²) in [6.07, 6.45) is 0.294. The van der Waals surface area contributed by atoms with Crippen LogP contribution in [0.3, 0.4) is 0 Å². The van der Waals surface area contributed by atoms with Crippen molar-refractivity contribution in [2.45, 2.75) is 13.3 Å². The molecule has 0 radical (unpaired) electrons. The van der Waals surface area contributed by atoms with Crippen LogP contribution in [-0.4, -0.2) is 53.7 Å². The topological polar surface area (TPSA) is 69.7 Å². The second-order valence-corrected chi connectivity index (χ2v) is 7.17. The molecule has 0 spiro atoms. The monoisotopic (exact) mass is 399 g/mol. The van der Waals surface area contributed by atoms with Crippen LogP contribution in [0.5, 0.6) is 0 Å². The number of carbonyl (C=O) groups excluding carboxylic acids is 3. The summed E-state index contributed by atoms with van der Waals surface area (Å²) in [7, 11) is 0. The first kappa shape index (κ1) is 19.9. The quantitative estimate of drug-likeness (QED) is 0.859. The zero-order valence-corrected chi connectivity index (χ0v) is 16.4. The third kappa shape index (κ3) is 5.10. The summed E-state index contributed by atoms with van der Waals surface area (Å²) >= 11 is 5.96. The SMILES string of the molecule is CC(=O)Nc1ccc(CC(=O)N2CCN(C(=O)c3cccc(Cl)c3)CC2)cc1. The molecule has 1 aliphatic rings. The first-order valence-corrected chi connectivity index (χ1v) is 9.49. The lowest BCUT2D eigenvalue weighted by molar-refractivity contribution is -0.131. The molecule has 0 unspecified atom stereocenters. The van der Waals surface area contributed by atoms with Gasteiger partial charge in [-0.05, 0) is 35.9 Å². The smallest absolute Gasteiger partial charge is 0.254 e. The van der Waals surface area contributed by atoms with E-state index in [0.29, 0.717) is 48.9 Å². The van der Waals surface area contributed by atoms with Crippen molar-refractivity contribution >= 4 is 35.0 Å². The molecular formula is C21H22ClN3O3. The molecule has 0 bridgehead atoms. The Labute approximate surface area is 169 Å². The Kier molecular flexibility index (Phi) is 6.31. The van der Waals surface area contributed by atoms with Crippen LogP contribution in [0.4, 0.5) is 5.69 Å². The average Bonchev–Trinajstić information content (AvgIpc) is 2.68. The van der Waals surface area contributed by atoms with Crippen molar-refractivity contribution in [2.75, 3.05) is 31.5 Å². The maximum absolute atomic E-state index is 12.6. The summed E-state index contributed by atoms with van der Waals surface area (Å²) in [5.74, 6) is -0.167. The molecule has 1 heterocycles. The van der Waals surface area contributed by atoms with Crippen LogP contribution < -0.4 is 5.32 Å². The van der Waals surface area contributed by atoms with E-state index in [0.717, 1.165) is 5.56 Å². The van der Waals surface area contributed by atoms with E-state index in [9.17, 15) is 14.4 Å². The van der Waals surface area contributed by atoms with Gasteiger partial charge >= 0.3 is 0 Å². The number of nitrogens with zero attached hydrogens (tertiary/aromatic N) is 2. The molecule has 1 saturated heterocycles. The minimum Gasteiger partial charge on any atom is -0.339 e. The fourth-order valence-corrected chi connectivity index (χ4v) is 3.35. The third-order valence-electron chi connectivity index (χ3n) is 4.62. The molecule has 3 rings (SSSR count). The Bertz CT molecular complexity index is 875. The normalized spacial score (nSPS) is 13.9. The molecule has 1 aliphatic heterocycles. The van der Waals surface area contributed by atoms with Crippen LogP contribution >= 0.6 is 11.6 Å². The Hall–Kier alpha value is -2.86. The molecule has 0 aliphatic carbocycles. The Balaban J connectivity index is 1.52. The van der Waals surface area contributed by atoms with Gasteiger partial charge in [0.15, 0.2) is 0 Å². The number of nitrogens with one attached hydrogen (secondary N) is 1. The standard InChI is InChI=1S/C21H22ClN3O3/c1-15(26)23-19-7-5-16(6-8-19)13-20(27)24-9-11-25(12-10-24)21(28)17-3-2-4-18(22)14-17/h2-8,14H,9-13H2,1H3,(H,23,26). The number of hydrogen-bond donors (Lipinski definition) is 1. The Morgan fingerprint density at radius 2 is 1.61 bits per heavy atom. The van der Waals surface area contributed by atoms with E-state index in [2.05, 4.69) is 5.32 Å². The molecule has 1 N–H and O–H groups in total. The van der Waals surface area contributed by atoms with E-state index < -0.39 is 0 Å². The van der Waals surface area contributed by atoms with Crippen molar-refractivity contribution in [1.82, 2.24) is 9.80 Å². The largest absolute Gasteiger partial charge is 0.339 e. The fraction of sp³-hybridized carbons (Fsp3) is 0.286. The maximum atomic E-state index is 12.6. The lowest BCUT2D eigenvalue weighted by atomic mass is 10.1. The van der Waals surface area contributed by atoms with Gasteiger partial charge in [-0.2, -0.15) is 0 Å². The molecule has 7 heteroatoms. The third-order valence-corrected chi connectivity index (χ3v) is 4.86. The first-order chi connectivity index (χ1) is 13.4. The second-order valence-electron chi connectivity index (χ2n) is 6.74. The van der Waals surface area contributed by atoms with Gasteiger partial charge in [-0.15, -0.1) is 0 Å². The van der Waals surface area contributed by atoms with Crippen molar-refractivity contribution in [1.29, 1.82) is 0 Å². The van der Waals surface area contributed by atoms with Crippen molar-refractivity contribution < 1.29 is 14.4 Å². The van der Waals surface area contributed by atoms with Gasteiger partial charge in [-0.3, -0.25) is 14.4 Å². The van der Waals surface area contributed by atoms with Gasteiger partial charge in [0.2, 0.25) is 11.8 Å². The molecule has 2 aromatic rings. The number of anilines is 1.